The van der Waals surface area contributed by atoms with E-state index in [1.54, 1.807) is 0 Å². The molecular formula is C16H10ClF6N3O. The molecule has 0 aliphatic carbocycles. The molecule has 0 spiro atoms. The molecule has 0 bridgehead atoms. The van der Waals surface area contributed by atoms with Gasteiger partial charge in [-0.25, -0.2) is 9.67 Å². The first-order valence-corrected chi connectivity index (χ1v) is 7.72. The van der Waals surface area contributed by atoms with Crippen LogP contribution >= 0.6 is 11.6 Å². The van der Waals surface area contributed by atoms with E-state index in [2.05, 4.69) is 10.1 Å². The van der Waals surface area contributed by atoms with Crippen LogP contribution in [0, 0.1) is 0 Å². The summed E-state index contributed by atoms with van der Waals surface area (Å²) >= 11 is 5.88. The summed E-state index contributed by atoms with van der Waals surface area (Å²) in [6.45, 7) is 0.536. The van der Waals surface area contributed by atoms with Crippen LogP contribution in [0.1, 0.15) is 18.2 Å². The van der Waals surface area contributed by atoms with Gasteiger partial charge < -0.3 is 5.11 Å². The van der Waals surface area contributed by atoms with Crippen LogP contribution in [0.4, 0.5) is 26.3 Å². The largest absolute Gasteiger partial charge is 0.422 e. The number of alkyl halides is 6. The summed E-state index contributed by atoms with van der Waals surface area (Å²) < 4.78 is 78.9. The second-order valence-electron chi connectivity index (χ2n) is 5.87. The van der Waals surface area contributed by atoms with Crippen molar-refractivity contribution in [2.75, 3.05) is 0 Å². The molecule has 1 atom stereocenters. The minimum atomic E-state index is -5.04. The topological polar surface area (TPSA) is 50.9 Å². The van der Waals surface area contributed by atoms with Crippen molar-refractivity contribution in [2.24, 2.45) is 0 Å². The highest BCUT2D eigenvalue weighted by Crippen LogP contribution is 2.41. The number of benzene rings is 1. The van der Waals surface area contributed by atoms with E-state index in [-0.39, 0.29) is 16.7 Å². The number of aromatic nitrogens is 3. The Bertz CT molecular complexity index is 1010. The van der Waals surface area contributed by atoms with E-state index in [9.17, 15) is 31.4 Å². The maximum absolute atomic E-state index is 13.3. The third-order valence-corrected chi connectivity index (χ3v) is 4.23. The number of fused-ring (bicyclic) bond motifs is 1. The zero-order chi connectivity index (χ0) is 20.2. The summed E-state index contributed by atoms with van der Waals surface area (Å²) in [7, 11) is 0. The summed E-state index contributed by atoms with van der Waals surface area (Å²) in [4.78, 5) is 3.61. The first-order chi connectivity index (χ1) is 12.3. The normalized spacial score (nSPS) is 15.1. The Morgan fingerprint density at radius 3 is 2.26 bits per heavy atom. The fourth-order valence-electron chi connectivity index (χ4n) is 2.46. The highest BCUT2D eigenvalue weighted by atomic mass is 35.5. The SMILES string of the molecule is CC(O)(c1nn(-c2ncc(C(F)(F)F)cc2Cl)c2ccccc12)C(F)(F)F. The van der Waals surface area contributed by atoms with E-state index in [4.69, 9.17) is 11.6 Å². The minimum absolute atomic E-state index is 0.0439. The maximum atomic E-state index is 13.3. The first-order valence-electron chi connectivity index (χ1n) is 7.34. The average molecular weight is 410 g/mol. The first kappa shape index (κ1) is 19.4. The van der Waals surface area contributed by atoms with Gasteiger partial charge in [0.05, 0.1) is 16.1 Å². The summed E-state index contributed by atoms with van der Waals surface area (Å²) in [6.07, 6.45) is -9.22. The van der Waals surface area contributed by atoms with Gasteiger partial charge in [0.15, 0.2) is 5.82 Å². The Balaban J connectivity index is 2.26. The Hall–Kier alpha value is -2.33. The molecular weight excluding hydrogens is 400 g/mol. The lowest BCUT2D eigenvalue weighted by molar-refractivity contribution is -0.259. The molecule has 0 fully saturated rings. The highest BCUT2D eigenvalue weighted by Gasteiger charge is 2.53. The quantitative estimate of drug-likeness (QED) is 0.615. The zero-order valence-corrected chi connectivity index (χ0v) is 14.2. The monoisotopic (exact) mass is 409 g/mol. The van der Waals surface area contributed by atoms with Gasteiger partial charge in [-0.1, -0.05) is 29.8 Å². The van der Waals surface area contributed by atoms with Crippen molar-refractivity contribution in [3.05, 3.63) is 52.8 Å². The van der Waals surface area contributed by atoms with E-state index < -0.39 is 34.2 Å². The van der Waals surface area contributed by atoms with Gasteiger partial charge in [-0.15, -0.1) is 0 Å². The van der Waals surface area contributed by atoms with E-state index in [0.717, 1.165) is 4.68 Å². The molecule has 1 aromatic carbocycles. The summed E-state index contributed by atoms with van der Waals surface area (Å²) in [5.74, 6) is -0.301. The molecule has 27 heavy (non-hydrogen) atoms. The number of hydrogen-bond donors (Lipinski definition) is 1. The van der Waals surface area contributed by atoms with Crippen molar-refractivity contribution in [3.8, 4) is 5.82 Å². The molecule has 2 aromatic heterocycles. The van der Waals surface area contributed by atoms with Crippen LogP contribution in [0.25, 0.3) is 16.7 Å². The van der Waals surface area contributed by atoms with E-state index in [1.807, 2.05) is 0 Å². The average Bonchev–Trinajstić information content (AvgIpc) is 2.93. The van der Waals surface area contributed by atoms with Crippen molar-refractivity contribution in [1.29, 1.82) is 0 Å². The molecule has 0 radical (unpaired) electrons. The second-order valence-corrected chi connectivity index (χ2v) is 6.28. The van der Waals surface area contributed by atoms with Gasteiger partial charge in [0.25, 0.3) is 0 Å². The number of rotatable bonds is 2. The molecule has 4 nitrogen and oxygen atoms in total. The zero-order valence-electron chi connectivity index (χ0n) is 13.4. The number of hydrogen-bond acceptors (Lipinski definition) is 3. The summed E-state index contributed by atoms with van der Waals surface area (Å²) in [6, 6.07) is 6.21. The number of pyridine rings is 1. The van der Waals surface area contributed by atoms with Crippen LogP contribution in [0.3, 0.4) is 0 Å². The molecule has 0 aliphatic heterocycles. The van der Waals surface area contributed by atoms with Crippen molar-refractivity contribution >= 4 is 22.5 Å². The third-order valence-electron chi connectivity index (χ3n) is 3.95. The van der Waals surface area contributed by atoms with Gasteiger partial charge in [-0.3, -0.25) is 0 Å². The number of para-hydroxylation sites is 1. The smallest absolute Gasteiger partial charge is 0.375 e. The molecule has 0 saturated carbocycles. The van der Waals surface area contributed by atoms with Crippen LogP contribution < -0.4 is 0 Å². The molecule has 0 amide bonds. The van der Waals surface area contributed by atoms with Gasteiger partial charge in [-0.2, -0.15) is 31.4 Å². The number of halogens is 7. The lowest BCUT2D eigenvalue weighted by atomic mass is 9.98. The van der Waals surface area contributed by atoms with Gasteiger partial charge in [0.2, 0.25) is 5.60 Å². The van der Waals surface area contributed by atoms with Gasteiger partial charge in [-0.05, 0) is 19.1 Å². The molecule has 2 heterocycles. The third kappa shape index (κ3) is 3.23. The Labute approximate surface area is 153 Å². The van der Waals surface area contributed by atoms with Crippen molar-refractivity contribution in [2.45, 2.75) is 24.9 Å². The van der Waals surface area contributed by atoms with E-state index >= 15 is 0 Å². The lowest BCUT2D eigenvalue weighted by Crippen LogP contribution is -2.39. The molecule has 11 heteroatoms. The highest BCUT2D eigenvalue weighted by molar-refractivity contribution is 6.32. The number of aliphatic hydroxyl groups is 1. The second kappa shape index (κ2) is 6.10. The summed E-state index contributed by atoms with van der Waals surface area (Å²) in [5.41, 5.74) is -5.04. The predicted molar refractivity (Wildman–Crippen MR) is 84.5 cm³/mol. The van der Waals surface area contributed by atoms with Gasteiger partial charge in [0.1, 0.15) is 5.69 Å². The number of nitrogens with zero attached hydrogens (tertiary/aromatic N) is 3. The predicted octanol–water partition coefficient (Wildman–Crippen LogP) is 4.86. The molecule has 1 N–H and O–H groups in total. The maximum Gasteiger partial charge on any atom is 0.422 e. The Kier molecular flexibility index (Phi) is 4.39. The molecule has 1 unspecified atom stereocenters. The van der Waals surface area contributed by atoms with Crippen LogP contribution in [0.5, 0.6) is 0 Å². The van der Waals surface area contributed by atoms with E-state index in [1.165, 1.54) is 24.3 Å². The summed E-state index contributed by atoms with van der Waals surface area (Å²) in [5, 5.41) is 13.3. The van der Waals surface area contributed by atoms with Crippen LogP contribution in [-0.4, -0.2) is 26.0 Å². The van der Waals surface area contributed by atoms with Gasteiger partial charge >= 0.3 is 12.4 Å². The van der Waals surface area contributed by atoms with Crippen molar-refractivity contribution in [1.82, 2.24) is 14.8 Å². The van der Waals surface area contributed by atoms with Crippen LogP contribution in [0.15, 0.2) is 36.5 Å². The molecule has 0 saturated heterocycles. The fourth-order valence-corrected chi connectivity index (χ4v) is 2.71. The van der Waals surface area contributed by atoms with Gasteiger partial charge in [0, 0.05) is 11.6 Å². The minimum Gasteiger partial charge on any atom is -0.375 e. The van der Waals surface area contributed by atoms with Crippen LogP contribution in [-0.2, 0) is 11.8 Å². The lowest BCUT2D eigenvalue weighted by Gasteiger charge is -2.24. The molecule has 0 aliphatic rings. The van der Waals surface area contributed by atoms with Crippen molar-refractivity contribution in [3.63, 3.8) is 0 Å². The van der Waals surface area contributed by atoms with Crippen LogP contribution in [0.2, 0.25) is 5.02 Å². The Morgan fingerprint density at radius 2 is 1.70 bits per heavy atom. The van der Waals surface area contributed by atoms with E-state index in [0.29, 0.717) is 19.2 Å². The molecule has 144 valence electrons. The molecule has 3 aromatic rings. The standard InChI is InChI=1S/C16H10ClF6N3O/c1-14(27,16(21,22)23)12-9-4-2-3-5-11(9)26(25-12)13-10(17)6-8(7-24-13)15(18,19)20/h2-7,27H,1H3. The van der Waals surface area contributed by atoms with Crippen molar-refractivity contribution < 1.29 is 31.4 Å². The fraction of sp³-hybridized carbons (Fsp3) is 0.250. The Morgan fingerprint density at radius 1 is 1.07 bits per heavy atom. The molecule has 3 rings (SSSR count).